The van der Waals surface area contributed by atoms with Gasteiger partial charge in [0.25, 0.3) is 5.91 Å². The fourth-order valence-electron chi connectivity index (χ4n) is 1.75. The molecule has 3 N–H and O–H groups in total. The lowest BCUT2D eigenvalue weighted by molar-refractivity contribution is 0.0609. The van der Waals surface area contributed by atoms with Crippen LogP contribution in [-0.4, -0.2) is 42.4 Å². The van der Waals surface area contributed by atoms with Crippen LogP contribution in [0.25, 0.3) is 10.9 Å². The molecule has 5 nitrogen and oxygen atoms in total. The smallest absolute Gasteiger partial charge is 0.267 e. The maximum atomic E-state index is 11.8. The first-order chi connectivity index (χ1) is 8.70. The number of methoxy groups -OCH3 is 1. The molecule has 96 valence electrons. The van der Waals surface area contributed by atoms with Crippen molar-refractivity contribution in [2.45, 2.75) is 6.10 Å². The Bertz CT molecular complexity index is 503. The van der Waals surface area contributed by atoms with Crippen LogP contribution >= 0.6 is 0 Å². The van der Waals surface area contributed by atoms with E-state index in [9.17, 15) is 9.90 Å². The lowest BCUT2D eigenvalue weighted by Crippen LogP contribution is -2.34. The third kappa shape index (κ3) is 2.88. The van der Waals surface area contributed by atoms with E-state index in [0.717, 1.165) is 10.9 Å². The number of benzene rings is 1. The number of para-hydroxylation sites is 1. The summed E-state index contributed by atoms with van der Waals surface area (Å²) >= 11 is 0. The highest BCUT2D eigenvalue weighted by Gasteiger charge is 2.11. The van der Waals surface area contributed by atoms with Crippen molar-refractivity contribution in [3.63, 3.8) is 0 Å². The number of carbonyl (C=O) groups is 1. The van der Waals surface area contributed by atoms with Crippen LogP contribution < -0.4 is 5.32 Å². The molecule has 0 radical (unpaired) electrons. The van der Waals surface area contributed by atoms with E-state index in [-0.39, 0.29) is 19.1 Å². The highest BCUT2D eigenvalue weighted by Crippen LogP contribution is 2.14. The van der Waals surface area contributed by atoms with Crippen molar-refractivity contribution in [2.24, 2.45) is 0 Å². The molecular weight excluding hydrogens is 232 g/mol. The van der Waals surface area contributed by atoms with Crippen LogP contribution in [0.1, 0.15) is 10.5 Å². The molecule has 0 aliphatic heterocycles. The van der Waals surface area contributed by atoms with E-state index in [1.807, 2.05) is 24.3 Å². The van der Waals surface area contributed by atoms with E-state index in [0.29, 0.717) is 5.69 Å². The number of fused-ring (bicyclic) bond motifs is 1. The van der Waals surface area contributed by atoms with Gasteiger partial charge in [0.15, 0.2) is 0 Å². The molecule has 2 rings (SSSR count). The minimum atomic E-state index is -0.691. The average molecular weight is 248 g/mol. The molecule has 1 heterocycles. The van der Waals surface area contributed by atoms with Gasteiger partial charge in [0.05, 0.1) is 12.7 Å². The Balaban J connectivity index is 2.00. The van der Waals surface area contributed by atoms with E-state index in [4.69, 9.17) is 4.74 Å². The fraction of sp³-hybridized carbons (Fsp3) is 0.308. The van der Waals surface area contributed by atoms with Crippen molar-refractivity contribution < 1.29 is 14.6 Å². The normalized spacial score (nSPS) is 12.6. The molecule has 0 saturated heterocycles. The molecule has 0 fully saturated rings. The van der Waals surface area contributed by atoms with Gasteiger partial charge in [-0.05, 0) is 12.1 Å². The minimum absolute atomic E-state index is 0.169. The summed E-state index contributed by atoms with van der Waals surface area (Å²) in [6, 6.07) is 9.45. The van der Waals surface area contributed by atoms with Crippen molar-refractivity contribution in [3.05, 3.63) is 36.0 Å². The molecule has 0 spiro atoms. The molecule has 1 atom stereocenters. The molecule has 1 aromatic heterocycles. The largest absolute Gasteiger partial charge is 0.389 e. The third-order valence-electron chi connectivity index (χ3n) is 2.63. The standard InChI is InChI=1S/C13H16N2O3/c1-18-8-10(16)7-14-13(17)12-6-9-4-2-3-5-11(9)15-12/h2-6,10,15-16H,7-8H2,1H3,(H,14,17). The first-order valence-corrected chi connectivity index (χ1v) is 5.73. The number of aromatic amines is 1. The van der Waals surface area contributed by atoms with Gasteiger partial charge in [-0.2, -0.15) is 0 Å². The van der Waals surface area contributed by atoms with Gasteiger partial charge in [-0.3, -0.25) is 4.79 Å². The Kier molecular flexibility index (Phi) is 3.96. The summed E-state index contributed by atoms with van der Waals surface area (Å²) in [6.07, 6.45) is -0.691. The molecule has 5 heteroatoms. The van der Waals surface area contributed by atoms with Crippen LogP contribution in [0.15, 0.2) is 30.3 Å². The number of aliphatic hydroxyl groups is 1. The van der Waals surface area contributed by atoms with E-state index >= 15 is 0 Å². The Morgan fingerprint density at radius 2 is 2.28 bits per heavy atom. The number of rotatable bonds is 5. The molecule has 0 bridgehead atoms. The van der Waals surface area contributed by atoms with Gasteiger partial charge in [-0.25, -0.2) is 0 Å². The highest BCUT2D eigenvalue weighted by atomic mass is 16.5. The summed E-state index contributed by atoms with van der Waals surface area (Å²) in [4.78, 5) is 14.9. The monoisotopic (exact) mass is 248 g/mol. The SMILES string of the molecule is COCC(O)CNC(=O)c1cc2ccccc2[nH]1. The molecule has 2 aromatic rings. The number of hydrogen-bond acceptors (Lipinski definition) is 3. The maximum Gasteiger partial charge on any atom is 0.267 e. The molecule has 18 heavy (non-hydrogen) atoms. The van der Waals surface area contributed by atoms with Crippen molar-refractivity contribution in [1.82, 2.24) is 10.3 Å². The summed E-state index contributed by atoms with van der Waals surface area (Å²) in [7, 11) is 1.50. The van der Waals surface area contributed by atoms with Crippen molar-refractivity contribution in [3.8, 4) is 0 Å². The fourth-order valence-corrected chi connectivity index (χ4v) is 1.75. The van der Waals surface area contributed by atoms with Gasteiger partial charge in [0, 0.05) is 24.6 Å². The summed E-state index contributed by atoms with van der Waals surface area (Å²) in [5, 5.41) is 13.1. The molecule has 1 unspecified atom stereocenters. The van der Waals surface area contributed by atoms with Gasteiger partial charge in [0.2, 0.25) is 0 Å². The van der Waals surface area contributed by atoms with Crippen molar-refractivity contribution in [1.29, 1.82) is 0 Å². The first kappa shape index (κ1) is 12.6. The van der Waals surface area contributed by atoms with Crippen molar-refractivity contribution in [2.75, 3.05) is 20.3 Å². The number of aromatic nitrogens is 1. The zero-order chi connectivity index (χ0) is 13.0. The number of H-pyrrole nitrogens is 1. The first-order valence-electron chi connectivity index (χ1n) is 5.73. The quantitative estimate of drug-likeness (QED) is 0.736. The van der Waals surface area contributed by atoms with Crippen molar-refractivity contribution >= 4 is 16.8 Å². The second-order valence-corrected chi connectivity index (χ2v) is 4.09. The second kappa shape index (κ2) is 5.66. The number of ether oxygens (including phenoxy) is 1. The maximum absolute atomic E-state index is 11.8. The average Bonchev–Trinajstić information content (AvgIpc) is 2.80. The van der Waals surface area contributed by atoms with Gasteiger partial charge >= 0.3 is 0 Å². The van der Waals surface area contributed by atoms with Crippen LogP contribution in [0, 0.1) is 0 Å². The summed E-state index contributed by atoms with van der Waals surface area (Å²) in [5.41, 5.74) is 1.40. The number of amides is 1. The second-order valence-electron chi connectivity index (χ2n) is 4.09. The summed E-state index contributed by atoms with van der Waals surface area (Å²) in [5.74, 6) is -0.235. The van der Waals surface area contributed by atoms with E-state index in [2.05, 4.69) is 10.3 Å². The third-order valence-corrected chi connectivity index (χ3v) is 2.63. The van der Waals surface area contributed by atoms with E-state index in [1.165, 1.54) is 7.11 Å². The Labute approximate surface area is 105 Å². The lowest BCUT2D eigenvalue weighted by atomic mass is 10.2. The predicted octanol–water partition coefficient (Wildman–Crippen LogP) is 0.905. The molecule has 0 aliphatic rings. The lowest BCUT2D eigenvalue weighted by Gasteiger charge is -2.09. The Morgan fingerprint density at radius 1 is 1.50 bits per heavy atom. The number of hydrogen-bond donors (Lipinski definition) is 3. The topological polar surface area (TPSA) is 74.3 Å². The Hall–Kier alpha value is -1.85. The van der Waals surface area contributed by atoms with E-state index < -0.39 is 6.10 Å². The molecule has 1 amide bonds. The highest BCUT2D eigenvalue weighted by molar-refractivity contribution is 5.97. The number of nitrogens with one attached hydrogen (secondary N) is 2. The minimum Gasteiger partial charge on any atom is -0.389 e. The summed E-state index contributed by atoms with van der Waals surface area (Å²) in [6.45, 7) is 0.370. The Morgan fingerprint density at radius 3 is 3.00 bits per heavy atom. The molecule has 1 aromatic carbocycles. The predicted molar refractivity (Wildman–Crippen MR) is 68.5 cm³/mol. The van der Waals surface area contributed by atoms with Gasteiger partial charge in [-0.1, -0.05) is 18.2 Å². The van der Waals surface area contributed by atoms with Gasteiger partial charge in [-0.15, -0.1) is 0 Å². The zero-order valence-corrected chi connectivity index (χ0v) is 10.1. The van der Waals surface area contributed by atoms with Crippen LogP contribution in [-0.2, 0) is 4.74 Å². The van der Waals surface area contributed by atoms with Crippen LogP contribution in [0.2, 0.25) is 0 Å². The van der Waals surface area contributed by atoms with Crippen LogP contribution in [0.4, 0.5) is 0 Å². The summed E-state index contributed by atoms with van der Waals surface area (Å²) < 4.78 is 4.78. The van der Waals surface area contributed by atoms with E-state index in [1.54, 1.807) is 6.07 Å². The number of carbonyl (C=O) groups excluding carboxylic acids is 1. The molecule has 0 aliphatic carbocycles. The molecular formula is C13H16N2O3. The van der Waals surface area contributed by atoms with Crippen LogP contribution in [0.3, 0.4) is 0 Å². The zero-order valence-electron chi connectivity index (χ0n) is 10.1. The van der Waals surface area contributed by atoms with Gasteiger partial charge < -0.3 is 20.1 Å². The molecule has 0 saturated carbocycles. The number of aliphatic hydroxyl groups excluding tert-OH is 1. The van der Waals surface area contributed by atoms with Gasteiger partial charge in [0.1, 0.15) is 5.69 Å². The van der Waals surface area contributed by atoms with Crippen LogP contribution in [0.5, 0.6) is 0 Å².